The summed E-state index contributed by atoms with van der Waals surface area (Å²) in [7, 11) is 0. The van der Waals surface area contributed by atoms with E-state index in [4.69, 9.17) is 15.9 Å². The van der Waals surface area contributed by atoms with Gasteiger partial charge in [-0.05, 0) is 0 Å². The molecule has 8 heteroatoms. The Kier molecular flexibility index (Phi) is 5.52. The van der Waals surface area contributed by atoms with Crippen molar-refractivity contribution in [3.63, 3.8) is 0 Å². The third-order valence-corrected chi connectivity index (χ3v) is 1.11. The van der Waals surface area contributed by atoms with Crippen LogP contribution in [0.15, 0.2) is 0 Å². The normalized spacial score (nSPS) is 12.8. The third kappa shape index (κ3) is 4.58. The van der Waals surface area contributed by atoms with Gasteiger partial charge in [-0.15, -0.1) is 12.4 Å². The Hall–Kier alpha value is -0.950. The van der Waals surface area contributed by atoms with Gasteiger partial charge >= 0.3 is 17.9 Å². The summed E-state index contributed by atoms with van der Waals surface area (Å²) in [4.78, 5) is 19.7. The number of rotatable bonds is 4. The molecule has 4 N–H and O–H groups in total. The first-order valence-corrected chi connectivity index (χ1v) is 2.87. The Morgan fingerprint density at radius 3 is 2.00 bits per heavy atom. The lowest BCUT2D eigenvalue weighted by Crippen LogP contribution is -2.40. The van der Waals surface area contributed by atoms with E-state index in [1.54, 1.807) is 0 Å². The lowest BCUT2D eigenvalue weighted by Gasteiger charge is -2.12. The summed E-state index contributed by atoms with van der Waals surface area (Å²) < 4.78 is 24.4. The van der Waals surface area contributed by atoms with Crippen LogP contribution in [0.25, 0.3) is 0 Å². The zero-order chi connectivity index (χ0) is 9.94. The van der Waals surface area contributed by atoms with Crippen LogP contribution < -0.4 is 5.73 Å². The maximum atomic E-state index is 12.2. The maximum absolute atomic E-state index is 12.2. The number of alkyl halides is 2. The maximum Gasteiger partial charge on any atom is 0.374 e. The number of hydrogen-bond donors (Lipinski definition) is 3. The molecule has 13 heavy (non-hydrogen) atoms. The minimum atomic E-state index is -4.09. The van der Waals surface area contributed by atoms with E-state index in [1.807, 2.05) is 0 Å². The number of carboxylic acid groups (broad SMARTS) is 2. The standard InChI is InChI=1S/C5H7F2NO4.ClH/c6-5(7,4(11)12)1-2(8)3(9)10;/h2H,1,8H2,(H,9,10)(H,11,12);1H/t2-;/m1./s1. The van der Waals surface area contributed by atoms with Gasteiger partial charge in [0.15, 0.2) is 0 Å². The van der Waals surface area contributed by atoms with Crippen molar-refractivity contribution in [3.8, 4) is 0 Å². The van der Waals surface area contributed by atoms with Crippen LogP contribution >= 0.6 is 12.4 Å². The van der Waals surface area contributed by atoms with Crippen LogP contribution in [-0.2, 0) is 9.59 Å². The topological polar surface area (TPSA) is 101 Å². The summed E-state index contributed by atoms with van der Waals surface area (Å²) in [5.41, 5.74) is 4.70. The van der Waals surface area contributed by atoms with Crippen LogP contribution in [0.3, 0.4) is 0 Å². The summed E-state index contributed by atoms with van der Waals surface area (Å²) >= 11 is 0. The third-order valence-electron chi connectivity index (χ3n) is 1.11. The molecule has 0 amide bonds. The van der Waals surface area contributed by atoms with Gasteiger partial charge in [-0.3, -0.25) is 4.79 Å². The molecule has 0 fully saturated rings. The fourth-order valence-corrected chi connectivity index (χ4v) is 0.451. The molecular weight excluding hydrogens is 212 g/mol. The Balaban J connectivity index is 0. The molecule has 0 aliphatic heterocycles. The Morgan fingerprint density at radius 1 is 1.38 bits per heavy atom. The van der Waals surface area contributed by atoms with E-state index in [0.29, 0.717) is 0 Å². The highest BCUT2D eigenvalue weighted by Crippen LogP contribution is 2.19. The summed E-state index contributed by atoms with van der Waals surface area (Å²) in [6.07, 6.45) is -1.41. The van der Waals surface area contributed by atoms with Crippen LogP contribution in [0.4, 0.5) is 8.78 Å². The van der Waals surface area contributed by atoms with Crippen molar-refractivity contribution >= 4 is 24.3 Å². The van der Waals surface area contributed by atoms with Gasteiger partial charge in [-0.25, -0.2) is 4.79 Å². The van der Waals surface area contributed by atoms with Crippen molar-refractivity contribution in [3.05, 3.63) is 0 Å². The van der Waals surface area contributed by atoms with Gasteiger partial charge in [0.2, 0.25) is 0 Å². The second-order valence-electron chi connectivity index (χ2n) is 2.16. The molecule has 1 atom stereocenters. The molecule has 0 unspecified atom stereocenters. The van der Waals surface area contributed by atoms with Crippen molar-refractivity contribution in [1.82, 2.24) is 0 Å². The molecule has 0 aromatic heterocycles. The molecular formula is C5H8ClF2NO4. The van der Waals surface area contributed by atoms with Crippen molar-refractivity contribution in [1.29, 1.82) is 0 Å². The van der Waals surface area contributed by atoms with E-state index in [1.165, 1.54) is 0 Å². The van der Waals surface area contributed by atoms with E-state index in [0.717, 1.165) is 0 Å². The molecule has 0 heterocycles. The van der Waals surface area contributed by atoms with E-state index < -0.39 is 30.3 Å². The van der Waals surface area contributed by atoms with E-state index in [2.05, 4.69) is 0 Å². The molecule has 78 valence electrons. The average molecular weight is 220 g/mol. The zero-order valence-corrected chi connectivity index (χ0v) is 7.05. The quantitative estimate of drug-likeness (QED) is 0.615. The number of halogens is 3. The molecule has 0 aromatic carbocycles. The predicted octanol–water partition coefficient (Wildman–Crippen LogP) is -0.0699. The lowest BCUT2D eigenvalue weighted by molar-refractivity contribution is -0.167. The molecule has 0 spiro atoms. The minimum Gasteiger partial charge on any atom is -0.480 e. The van der Waals surface area contributed by atoms with Crippen LogP contribution in [0.2, 0.25) is 0 Å². The monoisotopic (exact) mass is 219 g/mol. The molecule has 0 aliphatic carbocycles. The van der Waals surface area contributed by atoms with Gasteiger partial charge in [-0.1, -0.05) is 0 Å². The number of hydrogen-bond acceptors (Lipinski definition) is 3. The zero-order valence-electron chi connectivity index (χ0n) is 6.24. The van der Waals surface area contributed by atoms with Crippen molar-refractivity contribution in [2.24, 2.45) is 5.73 Å². The van der Waals surface area contributed by atoms with E-state index >= 15 is 0 Å². The van der Waals surface area contributed by atoms with E-state index in [9.17, 15) is 18.4 Å². The number of carboxylic acids is 2. The molecule has 5 nitrogen and oxygen atoms in total. The molecule has 0 rings (SSSR count). The lowest BCUT2D eigenvalue weighted by atomic mass is 10.1. The molecule has 0 aliphatic rings. The summed E-state index contributed by atoms with van der Waals surface area (Å²) in [6, 6.07) is -1.86. The van der Waals surface area contributed by atoms with Gasteiger partial charge in [0.1, 0.15) is 6.04 Å². The smallest absolute Gasteiger partial charge is 0.374 e. The first-order valence-electron chi connectivity index (χ1n) is 2.87. The first-order chi connectivity index (χ1) is 5.27. The largest absolute Gasteiger partial charge is 0.480 e. The highest BCUT2D eigenvalue weighted by Gasteiger charge is 2.41. The second-order valence-corrected chi connectivity index (χ2v) is 2.16. The Bertz CT molecular complexity index is 211. The highest BCUT2D eigenvalue weighted by atomic mass is 35.5. The SMILES string of the molecule is Cl.N[C@H](CC(F)(F)C(=O)O)C(=O)O. The summed E-state index contributed by atoms with van der Waals surface area (Å²) in [5.74, 6) is -8.12. The Labute approximate surface area is 77.9 Å². The second kappa shape index (κ2) is 4.93. The van der Waals surface area contributed by atoms with E-state index in [-0.39, 0.29) is 12.4 Å². The molecule has 0 radical (unpaired) electrons. The molecule has 0 bridgehead atoms. The van der Waals surface area contributed by atoms with Crippen molar-refractivity contribution < 1.29 is 28.6 Å². The van der Waals surface area contributed by atoms with Crippen molar-refractivity contribution in [2.45, 2.75) is 18.4 Å². The minimum absolute atomic E-state index is 0. The molecule has 0 saturated carbocycles. The van der Waals surface area contributed by atoms with Gasteiger partial charge in [0, 0.05) is 6.42 Å². The van der Waals surface area contributed by atoms with Crippen LogP contribution in [0.5, 0.6) is 0 Å². The molecule has 0 saturated heterocycles. The number of aliphatic carboxylic acids is 2. The fourth-order valence-electron chi connectivity index (χ4n) is 0.451. The van der Waals surface area contributed by atoms with Gasteiger partial charge < -0.3 is 15.9 Å². The predicted molar refractivity (Wildman–Crippen MR) is 40.1 cm³/mol. The number of nitrogens with two attached hydrogens (primary N) is 1. The average Bonchev–Trinajstić information content (AvgIpc) is 1.85. The van der Waals surface area contributed by atoms with Crippen LogP contribution in [0.1, 0.15) is 6.42 Å². The van der Waals surface area contributed by atoms with Crippen molar-refractivity contribution in [2.75, 3.05) is 0 Å². The number of carbonyl (C=O) groups is 2. The van der Waals surface area contributed by atoms with Gasteiger partial charge in [0.25, 0.3) is 0 Å². The summed E-state index contributed by atoms with van der Waals surface area (Å²) in [6.45, 7) is 0. The van der Waals surface area contributed by atoms with Gasteiger partial charge in [-0.2, -0.15) is 8.78 Å². The Morgan fingerprint density at radius 2 is 1.77 bits per heavy atom. The summed E-state index contributed by atoms with van der Waals surface area (Å²) in [5, 5.41) is 15.9. The van der Waals surface area contributed by atoms with Crippen LogP contribution in [-0.4, -0.2) is 34.1 Å². The first kappa shape index (κ1) is 14.6. The fraction of sp³-hybridized carbons (Fsp3) is 0.600. The molecule has 0 aromatic rings. The van der Waals surface area contributed by atoms with Crippen LogP contribution in [0, 0.1) is 0 Å². The highest BCUT2D eigenvalue weighted by molar-refractivity contribution is 5.85. The van der Waals surface area contributed by atoms with Gasteiger partial charge in [0.05, 0.1) is 0 Å².